The van der Waals surface area contributed by atoms with E-state index in [2.05, 4.69) is 26.0 Å². The third kappa shape index (κ3) is 2.32. The van der Waals surface area contributed by atoms with Crippen LogP contribution in [0.4, 0.5) is 0 Å². The SMILES string of the molecule is CCC(C)CC1(N)CCc2ccc(OC)cc21. The molecule has 2 atom stereocenters. The summed E-state index contributed by atoms with van der Waals surface area (Å²) in [7, 11) is 1.71. The number of rotatable bonds is 4. The largest absolute Gasteiger partial charge is 0.497 e. The molecule has 1 aromatic rings. The van der Waals surface area contributed by atoms with Gasteiger partial charge in [0.05, 0.1) is 7.11 Å². The van der Waals surface area contributed by atoms with E-state index in [4.69, 9.17) is 10.5 Å². The molecule has 2 unspecified atom stereocenters. The number of hydrogen-bond donors (Lipinski definition) is 1. The molecule has 0 heterocycles. The minimum Gasteiger partial charge on any atom is -0.497 e. The van der Waals surface area contributed by atoms with Crippen molar-refractivity contribution in [3.8, 4) is 5.75 Å². The number of ether oxygens (including phenoxy) is 1. The molecule has 17 heavy (non-hydrogen) atoms. The highest BCUT2D eigenvalue weighted by molar-refractivity contribution is 5.43. The average molecular weight is 233 g/mol. The maximum atomic E-state index is 6.62. The van der Waals surface area contributed by atoms with Crippen LogP contribution in [0.15, 0.2) is 18.2 Å². The van der Waals surface area contributed by atoms with Crippen LogP contribution in [-0.4, -0.2) is 7.11 Å². The summed E-state index contributed by atoms with van der Waals surface area (Å²) in [6.45, 7) is 4.52. The van der Waals surface area contributed by atoms with Crippen molar-refractivity contribution in [2.45, 2.75) is 45.1 Å². The van der Waals surface area contributed by atoms with Gasteiger partial charge >= 0.3 is 0 Å². The molecular weight excluding hydrogens is 210 g/mol. The zero-order chi connectivity index (χ0) is 12.5. The van der Waals surface area contributed by atoms with Gasteiger partial charge in [0.15, 0.2) is 0 Å². The van der Waals surface area contributed by atoms with E-state index < -0.39 is 0 Å². The second kappa shape index (κ2) is 4.69. The second-order valence-corrected chi connectivity index (χ2v) is 5.40. The molecule has 2 N–H and O–H groups in total. The first-order chi connectivity index (χ1) is 8.09. The van der Waals surface area contributed by atoms with Crippen molar-refractivity contribution in [2.75, 3.05) is 7.11 Å². The van der Waals surface area contributed by atoms with Crippen molar-refractivity contribution in [1.29, 1.82) is 0 Å². The Morgan fingerprint density at radius 1 is 1.47 bits per heavy atom. The third-order valence-corrected chi connectivity index (χ3v) is 4.10. The molecule has 0 fully saturated rings. The lowest BCUT2D eigenvalue weighted by atomic mass is 9.83. The maximum absolute atomic E-state index is 6.62. The molecule has 2 nitrogen and oxygen atoms in total. The Morgan fingerprint density at radius 3 is 2.88 bits per heavy atom. The normalized spacial score (nSPS) is 24.5. The number of nitrogens with two attached hydrogens (primary N) is 1. The van der Waals surface area contributed by atoms with Gasteiger partial charge in [-0.2, -0.15) is 0 Å². The summed E-state index contributed by atoms with van der Waals surface area (Å²) in [6, 6.07) is 6.33. The summed E-state index contributed by atoms with van der Waals surface area (Å²) in [5, 5.41) is 0. The monoisotopic (exact) mass is 233 g/mol. The quantitative estimate of drug-likeness (QED) is 0.866. The van der Waals surface area contributed by atoms with Crippen molar-refractivity contribution in [3.63, 3.8) is 0 Å². The molecule has 1 aliphatic carbocycles. The maximum Gasteiger partial charge on any atom is 0.119 e. The van der Waals surface area contributed by atoms with Crippen molar-refractivity contribution < 1.29 is 4.74 Å². The van der Waals surface area contributed by atoms with Crippen LogP contribution in [0.5, 0.6) is 5.75 Å². The molecule has 0 saturated carbocycles. The van der Waals surface area contributed by atoms with E-state index in [1.54, 1.807) is 7.11 Å². The molecule has 0 amide bonds. The van der Waals surface area contributed by atoms with E-state index in [0.717, 1.165) is 25.0 Å². The van der Waals surface area contributed by atoms with Gasteiger partial charge in [-0.25, -0.2) is 0 Å². The molecular formula is C15H23NO. The lowest BCUT2D eigenvalue weighted by molar-refractivity contribution is 0.327. The molecule has 0 spiro atoms. The summed E-state index contributed by atoms with van der Waals surface area (Å²) in [6.07, 6.45) is 4.44. The first-order valence-electron chi connectivity index (χ1n) is 6.55. The number of hydrogen-bond acceptors (Lipinski definition) is 2. The lowest BCUT2D eigenvalue weighted by Crippen LogP contribution is -2.35. The standard InChI is InChI=1S/C15H23NO/c1-4-11(2)10-15(16)8-7-12-5-6-13(17-3)9-14(12)15/h5-6,9,11H,4,7-8,10,16H2,1-3H3. The summed E-state index contributed by atoms with van der Waals surface area (Å²) in [4.78, 5) is 0. The van der Waals surface area contributed by atoms with Crippen LogP contribution in [0.3, 0.4) is 0 Å². The first-order valence-corrected chi connectivity index (χ1v) is 6.55. The predicted octanol–water partition coefficient (Wildman–Crippen LogP) is 3.23. The van der Waals surface area contributed by atoms with Crippen molar-refractivity contribution in [2.24, 2.45) is 11.7 Å². The molecule has 1 aromatic carbocycles. The van der Waals surface area contributed by atoms with Gasteiger partial charge in [0.1, 0.15) is 5.75 Å². The first kappa shape index (κ1) is 12.4. The van der Waals surface area contributed by atoms with Gasteiger partial charge in [-0.15, -0.1) is 0 Å². The Balaban J connectivity index is 2.30. The van der Waals surface area contributed by atoms with Crippen LogP contribution in [0.2, 0.25) is 0 Å². The molecule has 1 aliphatic rings. The van der Waals surface area contributed by atoms with Gasteiger partial charge < -0.3 is 10.5 Å². The van der Waals surface area contributed by atoms with E-state index >= 15 is 0 Å². The Labute approximate surface area is 104 Å². The van der Waals surface area contributed by atoms with E-state index in [-0.39, 0.29) is 5.54 Å². The van der Waals surface area contributed by atoms with E-state index in [1.165, 1.54) is 17.5 Å². The Bertz CT molecular complexity index is 402. The molecule has 0 saturated heterocycles. The molecule has 2 heteroatoms. The van der Waals surface area contributed by atoms with Gasteiger partial charge in [-0.3, -0.25) is 0 Å². The van der Waals surface area contributed by atoms with Crippen LogP contribution in [0, 0.1) is 5.92 Å². The average Bonchev–Trinajstić information content (AvgIpc) is 2.66. The Kier molecular flexibility index (Phi) is 3.43. The minimum absolute atomic E-state index is 0.140. The predicted molar refractivity (Wildman–Crippen MR) is 71.3 cm³/mol. The second-order valence-electron chi connectivity index (χ2n) is 5.40. The highest BCUT2D eigenvalue weighted by Gasteiger charge is 2.35. The van der Waals surface area contributed by atoms with Gasteiger partial charge in [-0.05, 0) is 48.4 Å². The van der Waals surface area contributed by atoms with Crippen LogP contribution in [-0.2, 0) is 12.0 Å². The third-order valence-electron chi connectivity index (χ3n) is 4.10. The summed E-state index contributed by atoms with van der Waals surface area (Å²) in [5.74, 6) is 1.60. The minimum atomic E-state index is -0.140. The van der Waals surface area contributed by atoms with E-state index in [0.29, 0.717) is 5.92 Å². The van der Waals surface area contributed by atoms with Crippen LogP contribution in [0.1, 0.15) is 44.2 Å². The highest BCUT2D eigenvalue weighted by Crippen LogP contribution is 2.41. The molecule has 94 valence electrons. The molecule has 0 aromatic heterocycles. The zero-order valence-electron chi connectivity index (χ0n) is 11.1. The number of benzene rings is 1. The van der Waals surface area contributed by atoms with Crippen LogP contribution >= 0.6 is 0 Å². The van der Waals surface area contributed by atoms with Gasteiger partial charge in [0.2, 0.25) is 0 Å². The van der Waals surface area contributed by atoms with Gasteiger partial charge in [0, 0.05) is 5.54 Å². The van der Waals surface area contributed by atoms with Crippen molar-refractivity contribution in [3.05, 3.63) is 29.3 Å². The smallest absolute Gasteiger partial charge is 0.119 e. The molecule has 2 rings (SSSR count). The zero-order valence-corrected chi connectivity index (χ0v) is 11.1. The summed E-state index contributed by atoms with van der Waals surface area (Å²) in [5.41, 5.74) is 9.18. The van der Waals surface area contributed by atoms with Gasteiger partial charge in [0.25, 0.3) is 0 Å². The number of aryl methyl sites for hydroxylation is 1. The lowest BCUT2D eigenvalue weighted by Gasteiger charge is -2.28. The molecule has 0 aliphatic heterocycles. The van der Waals surface area contributed by atoms with Crippen molar-refractivity contribution >= 4 is 0 Å². The van der Waals surface area contributed by atoms with E-state index in [9.17, 15) is 0 Å². The topological polar surface area (TPSA) is 35.2 Å². The van der Waals surface area contributed by atoms with E-state index in [1.807, 2.05) is 6.07 Å². The Hall–Kier alpha value is -1.02. The fourth-order valence-corrected chi connectivity index (χ4v) is 2.83. The van der Waals surface area contributed by atoms with Crippen LogP contribution in [0.25, 0.3) is 0 Å². The summed E-state index contributed by atoms with van der Waals surface area (Å²) < 4.78 is 5.31. The van der Waals surface area contributed by atoms with Gasteiger partial charge in [-0.1, -0.05) is 26.3 Å². The fraction of sp³-hybridized carbons (Fsp3) is 0.600. The van der Waals surface area contributed by atoms with Crippen molar-refractivity contribution in [1.82, 2.24) is 0 Å². The number of methoxy groups -OCH3 is 1. The van der Waals surface area contributed by atoms with Crippen LogP contribution < -0.4 is 10.5 Å². The molecule has 0 bridgehead atoms. The number of fused-ring (bicyclic) bond motifs is 1. The Morgan fingerprint density at radius 2 is 2.24 bits per heavy atom. The summed E-state index contributed by atoms with van der Waals surface area (Å²) >= 11 is 0. The fourth-order valence-electron chi connectivity index (χ4n) is 2.83. The highest BCUT2D eigenvalue weighted by atomic mass is 16.5. The molecule has 0 radical (unpaired) electrons.